The summed E-state index contributed by atoms with van der Waals surface area (Å²) in [6.07, 6.45) is 2.20. The lowest BCUT2D eigenvalue weighted by atomic mass is 9.92. The molecule has 0 amide bonds. The zero-order valence-corrected chi connectivity index (χ0v) is 12.6. The average Bonchev–Trinajstić information content (AvgIpc) is 2.46. The lowest BCUT2D eigenvalue weighted by Gasteiger charge is -2.26. The molecule has 0 aliphatic rings. The first-order valence-corrected chi connectivity index (χ1v) is 7.09. The first-order chi connectivity index (χ1) is 9.22. The fourth-order valence-electron chi connectivity index (χ4n) is 2.23. The third-order valence-electron chi connectivity index (χ3n) is 3.44. The smallest absolute Gasteiger partial charge is 0.118 e. The van der Waals surface area contributed by atoms with Gasteiger partial charge in [-0.25, -0.2) is 0 Å². The van der Waals surface area contributed by atoms with Crippen molar-refractivity contribution < 1.29 is 9.47 Å². The van der Waals surface area contributed by atoms with Crippen LogP contribution in [0.3, 0.4) is 0 Å². The summed E-state index contributed by atoms with van der Waals surface area (Å²) in [6, 6.07) is 8.73. The van der Waals surface area contributed by atoms with Gasteiger partial charge in [0.1, 0.15) is 5.75 Å². The Bertz CT molecular complexity index is 337. The van der Waals surface area contributed by atoms with Gasteiger partial charge in [0.15, 0.2) is 0 Å². The lowest BCUT2D eigenvalue weighted by molar-refractivity contribution is 0.170. The molecule has 1 N–H and O–H groups in total. The van der Waals surface area contributed by atoms with Crippen molar-refractivity contribution in [1.29, 1.82) is 0 Å². The molecule has 0 bridgehead atoms. The van der Waals surface area contributed by atoms with Crippen LogP contribution in [0.15, 0.2) is 24.3 Å². The van der Waals surface area contributed by atoms with Crippen LogP contribution in [0.25, 0.3) is 0 Å². The van der Waals surface area contributed by atoms with Gasteiger partial charge >= 0.3 is 0 Å². The number of rotatable bonds is 9. The molecule has 0 saturated carbocycles. The molecule has 2 unspecified atom stereocenters. The Balaban J connectivity index is 2.75. The fraction of sp³-hybridized carbons (Fsp3) is 0.625. The van der Waals surface area contributed by atoms with Crippen LogP contribution in [-0.2, 0) is 4.74 Å². The van der Waals surface area contributed by atoms with E-state index in [4.69, 9.17) is 9.47 Å². The van der Waals surface area contributed by atoms with Crippen molar-refractivity contribution in [1.82, 2.24) is 5.32 Å². The van der Waals surface area contributed by atoms with Crippen molar-refractivity contribution in [3.63, 3.8) is 0 Å². The van der Waals surface area contributed by atoms with Gasteiger partial charge < -0.3 is 14.8 Å². The van der Waals surface area contributed by atoms with Crippen LogP contribution in [-0.4, -0.2) is 27.4 Å². The molecule has 1 aromatic rings. The Labute approximate surface area is 117 Å². The maximum absolute atomic E-state index is 5.22. The molecule has 108 valence electrons. The first kappa shape index (κ1) is 16.0. The molecule has 0 fully saturated rings. The number of hydrogen-bond acceptors (Lipinski definition) is 3. The van der Waals surface area contributed by atoms with E-state index in [-0.39, 0.29) is 0 Å². The van der Waals surface area contributed by atoms with Crippen LogP contribution in [0.1, 0.15) is 38.3 Å². The number of methoxy groups -OCH3 is 2. The fourth-order valence-corrected chi connectivity index (χ4v) is 2.23. The normalized spacial score (nSPS) is 14.1. The quantitative estimate of drug-likeness (QED) is 0.742. The van der Waals surface area contributed by atoms with Gasteiger partial charge in [-0.3, -0.25) is 0 Å². The van der Waals surface area contributed by atoms with Crippen LogP contribution in [0, 0.1) is 5.92 Å². The van der Waals surface area contributed by atoms with E-state index in [0.29, 0.717) is 12.0 Å². The predicted molar refractivity (Wildman–Crippen MR) is 79.7 cm³/mol. The van der Waals surface area contributed by atoms with Crippen molar-refractivity contribution in [2.45, 2.75) is 32.7 Å². The van der Waals surface area contributed by atoms with E-state index in [1.165, 1.54) is 5.56 Å². The molecular weight excluding hydrogens is 238 g/mol. The van der Waals surface area contributed by atoms with Crippen LogP contribution >= 0.6 is 0 Å². The van der Waals surface area contributed by atoms with E-state index in [2.05, 4.69) is 31.3 Å². The van der Waals surface area contributed by atoms with Gasteiger partial charge in [0, 0.05) is 19.8 Å². The summed E-state index contributed by atoms with van der Waals surface area (Å²) < 4.78 is 10.4. The molecule has 0 heterocycles. The van der Waals surface area contributed by atoms with Gasteiger partial charge in [-0.05, 0) is 43.0 Å². The molecule has 0 aliphatic carbocycles. The predicted octanol–water partition coefficient (Wildman–Crippen LogP) is 3.41. The summed E-state index contributed by atoms with van der Waals surface area (Å²) in [7, 11) is 3.46. The number of nitrogens with one attached hydrogen (secondary N) is 1. The second-order valence-electron chi connectivity index (χ2n) is 4.96. The Morgan fingerprint density at radius 3 is 2.37 bits per heavy atom. The summed E-state index contributed by atoms with van der Waals surface area (Å²) in [5.41, 5.74) is 1.32. The Hall–Kier alpha value is -1.06. The monoisotopic (exact) mass is 265 g/mol. The highest BCUT2D eigenvalue weighted by atomic mass is 16.5. The van der Waals surface area contributed by atoms with E-state index >= 15 is 0 Å². The molecule has 0 aliphatic heterocycles. The zero-order chi connectivity index (χ0) is 14.1. The van der Waals surface area contributed by atoms with Gasteiger partial charge in [0.25, 0.3) is 0 Å². The minimum Gasteiger partial charge on any atom is -0.497 e. The van der Waals surface area contributed by atoms with Crippen molar-refractivity contribution in [3.05, 3.63) is 29.8 Å². The molecule has 3 nitrogen and oxygen atoms in total. The molecule has 0 spiro atoms. The van der Waals surface area contributed by atoms with E-state index in [1.54, 1.807) is 14.2 Å². The van der Waals surface area contributed by atoms with Gasteiger partial charge in [-0.1, -0.05) is 26.0 Å². The topological polar surface area (TPSA) is 30.5 Å². The molecule has 1 rings (SSSR count). The summed E-state index contributed by atoms with van der Waals surface area (Å²) >= 11 is 0. The molecule has 0 aromatic heterocycles. The molecule has 0 saturated heterocycles. The first-order valence-electron chi connectivity index (χ1n) is 7.09. The van der Waals surface area contributed by atoms with Gasteiger partial charge in [-0.2, -0.15) is 0 Å². The summed E-state index contributed by atoms with van der Waals surface area (Å²) in [5.74, 6) is 1.45. The SMILES string of the molecule is CCCNC(c1ccc(OC)cc1)C(C)CCOC. The summed E-state index contributed by atoms with van der Waals surface area (Å²) in [6.45, 7) is 6.31. The zero-order valence-electron chi connectivity index (χ0n) is 12.6. The van der Waals surface area contributed by atoms with Crippen LogP contribution in [0.2, 0.25) is 0 Å². The maximum Gasteiger partial charge on any atom is 0.118 e. The molecule has 0 radical (unpaired) electrons. The molecule has 19 heavy (non-hydrogen) atoms. The Kier molecular flexibility index (Phi) is 7.53. The second kappa shape index (κ2) is 8.94. The molecule has 2 atom stereocenters. The summed E-state index contributed by atoms with van der Waals surface area (Å²) in [4.78, 5) is 0. The van der Waals surface area contributed by atoms with Crippen molar-refractivity contribution >= 4 is 0 Å². The van der Waals surface area contributed by atoms with E-state index in [1.807, 2.05) is 12.1 Å². The minimum absolute atomic E-state index is 0.376. The largest absolute Gasteiger partial charge is 0.497 e. The number of benzene rings is 1. The van der Waals surface area contributed by atoms with Gasteiger partial charge in [-0.15, -0.1) is 0 Å². The van der Waals surface area contributed by atoms with Crippen molar-refractivity contribution in [3.8, 4) is 5.75 Å². The van der Waals surface area contributed by atoms with Crippen LogP contribution in [0.4, 0.5) is 0 Å². The van der Waals surface area contributed by atoms with Crippen molar-refractivity contribution in [2.75, 3.05) is 27.4 Å². The average molecular weight is 265 g/mol. The molecule has 1 aromatic carbocycles. The Morgan fingerprint density at radius 2 is 1.84 bits per heavy atom. The highest BCUT2D eigenvalue weighted by molar-refractivity contribution is 5.29. The lowest BCUT2D eigenvalue weighted by Crippen LogP contribution is -2.28. The van der Waals surface area contributed by atoms with E-state index < -0.39 is 0 Å². The van der Waals surface area contributed by atoms with Crippen LogP contribution < -0.4 is 10.1 Å². The van der Waals surface area contributed by atoms with Crippen LogP contribution in [0.5, 0.6) is 5.75 Å². The number of hydrogen-bond donors (Lipinski definition) is 1. The third-order valence-corrected chi connectivity index (χ3v) is 3.44. The molecule has 3 heteroatoms. The maximum atomic E-state index is 5.22. The highest BCUT2D eigenvalue weighted by Gasteiger charge is 2.18. The third kappa shape index (κ3) is 5.21. The van der Waals surface area contributed by atoms with Gasteiger partial charge in [0.05, 0.1) is 7.11 Å². The minimum atomic E-state index is 0.376. The highest BCUT2D eigenvalue weighted by Crippen LogP contribution is 2.26. The Morgan fingerprint density at radius 1 is 1.16 bits per heavy atom. The molecular formula is C16H27NO2. The second-order valence-corrected chi connectivity index (χ2v) is 4.96. The van der Waals surface area contributed by atoms with E-state index in [9.17, 15) is 0 Å². The van der Waals surface area contributed by atoms with Crippen molar-refractivity contribution in [2.24, 2.45) is 5.92 Å². The number of ether oxygens (including phenoxy) is 2. The standard InChI is InChI=1S/C16H27NO2/c1-5-11-17-16(13(2)10-12-18-3)14-6-8-15(19-4)9-7-14/h6-9,13,16-17H,5,10-12H2,1-4H3. The van der Waals surface area contributed by atoms with E-state index in [0.717, 1.165) is 31.7 Å². The summed E-state index contributed by atoms with van der Waals surface area (Å²) in [5, 5.41) is 3.64. The van der Waals surface area contributed by atoms with Gasteiger partial charge in [0.2, 0.25) is 0 Å².